The number of alkyl halides is 1. The first-order valence-corrected chi connectivity index (χ1v) is 5.16. The fraction of sp³-hybridized carbons (Fsp3) is 0.182. The first-order chi connectivity index (χ1) is 7.28. The quantitative estimate of drug-likeness (QED) is 0.810. The number of phenols is 1. The Morgan fingerprint density at radius 2 is 2.00 bits per heavy atom. The molecule has 0 atom stereocenters. The van der Waals surface area contributed by atoms with Crippen LogP contribution in [-0.2, 0) is 12.4 Å². The number of hydrogen-bond donors (Lipinski definition) is 1. The summed E-state index contributed by atoms with van der Waals surface area (Å²) < 4.78 is 1.96. The molecular formula is C11H11ClN2O. The molecule has 0 aliphatic carbocycles. The lowest BCUT2D eigenvalue weighted by Crippen LogP contribution is -1.95. The van der Waals surface area contributed by atoms with Crippen LogP contribution < -0.4 is 0 Å². The van der Waals surface area contributed by atoms with Crippen LogP contribution in [0.1, 0.15) is 11.3 Å². The topological polar surface area (TPSA) is 38.0 Å². The van der Waals surface area contributed by atoms with E-state index in [0.29, 0.717) is 5.88 Å². The zero-order valence-corrected chi connectivity index (χ0v) is 8.85. The van der Waals surface area contributed by atoms with E-state index in [9.17, 15) is 0 Å². The summed E-state index contributed by atoms with van der Waals surface area (Å²) >= 11 is 5.66. The van der Waals surface area contributed by atoms with Gasteiger partial charge in [-0.3, -0.25) is 0 Å². The fourth-order valence-corrected chi connectivity index (χ4v) is 1.51. The summed E-state index contributed by atoms with van der Waals surface area (Å²) in [6.45, 7) is 0.740. The highest BCUT2D eigenvalue weighted by Gasteiger charge is 1.98. The maximum absolute atomic E-state index is 9.13. The van der Waals surface area contributed by atoms with E-state index in [1.54, 1.807) is 18.5 Å². The van der Waals surface area contributed by atoms with E-state index in [1.165, 1.54) is 0 Å². The number of rotatable bonds is 3. The molecule has 0 saturated carbocycles. The van der Waals surface area contributed by atoms with E-state index in [2.05, 4.69) is 4.98 Å². The van der Waals surface area contributed by atoms with Gasteiger partial charge in [-0.25, -0.2) is 4.98 Å². The molecule has 3 nitrogen and oxygen atoms in total. The molecule has 1 aromatic carbocycles. The summed E-state index contributed by atoms with van der Waals surface area (Å²) in [4.78, 5) is 4.13. The molecule has 0 aliphatic rings. The van der Waals surface area contributed by atoms with Crippen molar-refractivity contribution < 1.29 is 5.11 Å². The molecule has 0 radical (unpaired) electrons. The van der Waals surface area contributed by atoms with Gasteiger partial charge < -0.3 is 9.67 Å². The first-order valence-electron chi connectivity index (χ1n) is 4.62. The summed E-state index contributed by atoms with van der Waals surface area (Å²) in [5.41, 5.74) is 1.99. The number of aromatic hydroxyl groups is 1. The molecule has 0 saturated heterocycles. The summed E-state index contributed by atoms with van der Waals surface area (Å²) in [5.74, 6) is 0.716. The zero-order chi connectivity index (χ0) is 10.7. The van der Waals surface area contributed by atoms with Gasteiger partial charge >= 0.3 is 0 Å². The molecule has 0 unspecified atom stereocenters. The maximum Gasteiger partial charge on any atom is 0.115 e. The molecule has 2 aromatic rings. The highest BCUT2D eigenvalue weighted by Crippen LogP contribution is 2.11. The van der Waals surface area contributed by atoms with Crippen molar-refractivity contribution >= 4 is 11.6 Å². The minimum Gasteiger partial charge on any atom is -0.508 e. The second-order valence-electron chi connectivity index (χ2n) is 3.34. The molecule has 0 fully saturated rings. The summed E-state index contributed by atoms with van der Waals surface area (Å²) in [6.07, 6.45) is 3.67. The molecule has 1 aromatic heterocycles. The lowest BCUT2D eigenvalue weighted by atomic mass is 10.2. The molecule has 78 valence electrons. The smallest absolute Gasteiger partial charge is 0.115 e. The van der Waals surface area contributed by atoms with Crippen molar-refractivity contribution in [2.24, 2.45) is 0 Å². The third-order valence-electron chi connectivity index (χ3n) is 2.13. The molecule has 15 heavy (non-hydrogen) atoms. The van der Waals surface area contributed by atoms with Crippen LogP contribution in [-0.4, -0.2) is 14.7 Å². The van der Waals surface area contributed by atoms with Gasteiger partial charge in [-0.15, -0.1) is 11.6 Å². The number of aromatic nitrogens is 2. The van der Waals surface area contributed by atoms with Gasteiger partial charge in [0.1, 0.15) is 5.75 Å². The number of phenolic OH excluding ortho intramolecular Hbond substituents is 1. The molecule has 1 heterocycles. The van der Waals surface area contributed by atoms with Crippen LogP contribution in [0.4, 0.5) is 0 Å². The third kappa shape index (κ3) is 2.50. The van der Waals surface area contributed by atoms with Crippen molar-refractivity contribution in [1.29, 1.82) is 0 Å². The summed E-state index contributed by atoms with van der Waals surface area (Å²) in [7, 11) is 0. The van der Waals surface area contributed by atoms with Crippen LogP contribution in [0.5, 0.6) is 5.75 Å². The zero-order valence-electron chi connectivity index (χ0n) is 8.10. The van der Waals surface area contributed by atoms with Gasteiger partial charge in [0.05, 0.1) is 17.9 Å². The second-order valence-corrected chi connectivity index (χ2v) is 3.60. The van der Waals surface area contributed by atoms with E-state index in [0.717, 1.165) is 17.8 Å². The number of imidazole rings is 1. The minimum atomic E-state index is 0.283. The lowest BCUT2D eigenvalue weighted by Gasteiger charge is -2.01. The van der Waals surface area contributed by atoms with E-state index in [1.807, 2.05) is 22.9 Å². The van der Waals surface area contributed by atoms with Crippen molar-refractivity contribution in [3.63, 3.8) is 0 Å². The lowest BCUT2D eigenvalue weighted by molar-refractivity contribution is 0.475. The van der Waals surface area contributed by atoms with Crippen LogP contribution in [0.15, 0.2) is 36.8 Å². The van der Waals surface area contributed by atoms with Crippen molar-refractivity contribution in [1.82, 2.24) is 9.55 Å². The molecule has 0 bridgehead atoms. The average Bonchev–Trinajstić information content (AvgIpc) is 2.69. The Balaban J connectivity index is 2.11. The number of hydrogen-bond acceptors (Lipinski definition) is 2. The van der Waals surface area contributed by atoms with E-state index >= 15 is 0 Å². The Hall–Kier alpha value is -1.48. The van der Waals surface area contributed by atoms with Crippen molar-refractivity contribution in [2.75, 3.05) is 0 Å². The Kier molecular flexibility index (Phi) is 2.92. The number of benzene rings is 1. The van der Waals surface area contributed by atoms with Gasteiger partial charge in [0.25, 0.3) is 0 Å². The Morgan fingerprint density at radius 3 is 2.60 bits per heavy atom. The Labute approximate surface area is 93.0 Å². The highest BCUT2D eigenvalue weighted by atomic mass is 35.5. The van der Waals surface area contributed by atoms with E-state index < -0.39 is 0 Å². The molecule has 0 spiro atoms. The van der Waals surface area contributed by atoms with Gasteiger partial charge in [0, 0.05) is 12.7 Å². The molecule has 1 N–H and O–H groups in total. The minimum absolute atomic E-state index is 0.283. The van der Waals surface area contributed by atoms with Gasteiger partial charge in [-0.1, -0.05) is 12.1 Å². The summed E-state index contributed by atoms with van der Waals surface area (Å²) in [6, 6.07) is 7.12. The van der Waals surface area contributed by atoms with Crippen LogP contribution in [0.2, 0.25) is 0 Å². The van der Waals surface area contributed by atoms with Crippen molar-refractivity contribution in [2.45, 2.75) is 12.4 Å². The first kappa shape index (κ1) is 10.1. The van der Waals surface area contributed by atoms with Crippen molar-refractivity contribution in [3.8, 4) is 5.75 Å². The second kappa shape index (κ2) is 4.36. The van der Waals surface area contributed by atoms with Gasteiger partial charge in [0.15, 0.2) is 0 Å². The Morgan fingerprint density at radius 1 is 1.27 bits per heavy atom. The number of nitrogens with zero attached hydrogens (tertiary/aromatic N) is 2. The SMILES string of the molecule is Oc1ccc(Cn2cnc(CCl)c2)cc1. The molecule has 4 heteroatoms. The summed E-state index contributed by atoms with van der Waals surface area (Å²) in [5, 5.41) is 9.13. The fourth-order valence-electron chi connectivity index (χ4n) is 1.37. The van der Waals surface area contributed by atoms with E-state index in [4.69, 9.17) is 16.7 Å². The molecule has 0 aliphatic heterocycles. The van der Waals surface area contributed by atoms with Crippen LogP contribution >= 0.6 is 11.6 Å². The maximum atomic E-state index is 9.13. The molecular weight excluding hydrogens is 212 g/mol. The monoisotopic (exact) mass is 222 g/mol. The third-order valence-corrected chi connectivity index (χ3v) is 2.40. The predicted molar refractivity (Wildman–Crippen MR) is 59.0 cm³/mol. The van der Waals surface area contributed by atoms with Gasteiger partial charge in [0.2, 0.25) is 0 Å². The predicted octanol–water partition coefficient (Wildman–Crippen LogP) is 2.38. The van der Waals surface area contributed by atoms with Crippen LogP contribution in [0.25, 0.3) is 0 Å². The Bertz CT molecular complexity index is 436. The molecule has 0 amide bonds. The normalized spacial score (nSPS) is 10.5. The van der Waals surface area contributed by atoms with E-state index in [-0.39, 0.29) is 5.75 Å². The highest BCUT2D eigenvalue weighted by molar-refractivity contribution is 6.16. The standard InChI is InChI=1S/C11H11ClN2O/c12-5-10-7-14(8-13-10)6-9-1-3-11(15)4-2-9/h1-4,7-8,15H,5-6H2. The van der Waals surface area contributed by atoms with Crippen LogP contribution in [0, 0.1) is 0 Å². The van der Waals surface area contributed by atoms with Crippen LogP contribution in [0.3, 0.4) is 0 Å². The number of halogens is 1. The van der Waals surface area contributed by atoms with Gasteiger partial charge in [-0.2, -0.15) is 0 Å². The van der Waals surface area contributed by atoms with Gasteiger partial charge in [-0.05, 0) is 17.7 Å². The van der Waals surface area contributed by atoms with Crippen molar-refractivity contribution in [3.05, 3.63) is 48.0 Å². The largest absolute Gasteiger partial charge is 0.508 e. The molecule has 2 rings (SSSR count). The average molecular weight is 223 g/mol.